The summed E-state index contributed by atoms with van der Waals surface area (Å²) in [6.07, 6.45) is 0.278. The Balaban J connectivity index is 2.04. The maximum atomic E-state index is 11.4. The largest absolute Gasteiger partial charge is 0.441 e. The molecule has 2 aliphatic rings. The standard InChI is InChI=1S/C9H15NO5S/c11-4-3-10-7-9(15-8(10)12)1-5-16(13,14)6-2-9/h11H,1-7H2. The fraction of sp³-hybridized carbons (Fsp3) is 0.889. The maximum Gasteiger partial charge on any atom is 0.410 e. The monoisotopic (exact) mass is 249 g/mol. The predicted octanol–water partition coefficient (Wildman–Crippen LogP) is -0.622. The lowest BCUT2D eigenvalue weighted by Gasteiger charge is -2.30. The van der Waals surface area contributed by atoms with E-state index in [4.69, 9.17) is 9.84 Å². The molecule has 2 fully saturated rings. The van der Waals surface area contributed by atoms with Crippen LogP contribution in [0.2, 0.25) is 0 Å². The van der Waals surface area contributed by atoms with Crippen molar-refractivity contribution in [2.75, 3.05) is 31.2 Å². The van der Waals surface area contributed by atoms with Crippen molar-refractivity contribution in [3.8, 4) is 0 Å². The summed E-state index contributed by atoms with van der Waals surface area (Å²) < 4.78 is 27.8. The second-order valence-electron chi connectivity index (χ2n) is 4.35. The van der Waals surface area contributed by atoms with Crippen molar-refractivity contribution in [2.45, 2.75) is 18.4 Å². The summed E-state index contributed by atoms with van der Waals surface area (Å²) in [5, 5.41) is 8.77. The molecule has 2 saturated heterocycles. The van der Waals surface area contributed by atoms with E-state index in [-0.39, 0.29) is 24.7 Å². The summed E-state index contributed by atoms with van der Waals surface area (Å²) in [4.78, 5) is 12.9. The lowest BCUT2D eigenvalue weighted by molar-refractivity contribution is 0.0487. The number of aliphatic hydroxyl groups excluding tert-OH is 1. The third kappa shape index (κ3) is 2.15. The molecular formula is C9H15NO5S. The van der Waals surface area contributed by atoms with Crippen molar-refractivity contribution in [1.29, 1.82) is 0 Å². The molecule has 0 aromatic rings. The molecule has 16 heavy (non-hydrogen) atoms. The van der Waals surface area contributed by atoms with Crippen LogP contribution in [0.4, 0.5) is 4.79 Å². The molecule has 6 nitrogen and oxygen atoms in total. The first-order valence-corrected chi connectivity index (χ1v) is 7.08. The van der Waals surface area contributed by atoms with Gasteiger partial charge in [-0.05, 0) is 0 Å². The molecule has 2 rings (SSSR count). The van der Waals surface area contributed by atoms with Gasteiger partial charge < -0.3 is 14.7 Å². The topological polar surface area (TPSA) is 83.9 Å². The zero-order valence-electron chi connectivity index (χ0n) is 8.89. The van der Waals surface area contributed by atoms with Gasteiger partial charge in [-0.3, -0.25) is 0 Å². The van der Waals surface area contributed by atoms with Gasteiger partial charge in [-0.25, -0.2) is 13.2 Å². The van der Waals surface area contributed by atoms with Gasteiger partial charge in [-0.2, -0.15) is 0 Å². The van der Waals surface area contributed by atoms with E-state index in [0.717, 1.165) is 0 Å². The number of β-amino-alcohol motifs (C(OH)–C–C–N with tert-alkyl or cyclic N) is 1. The van der Waals surface area contributed by atoms with Crippen LogP contribution in [-0.2, 0) is 14.6 Å². The van der Waals surface area contributed by atoms with Gasteiger partial charge in [-0.15, -0.1) is 0 Å². The third-order valence-corrected chi connectivity index (χ3v) is 4.80. The molecule has 92 valence electrons. The Hall–Kier alpha value is -0.820. The predicted molar refractivity (Wildman–Crippen MR) is 55.8 cm³/mol. The van der Waals surface area contributed by atoms with E-state index >= 15 is 0 Å². The maximum absolute atomic E-state index is 11.4. The highest BCUT2D eigenvalue weighted by Crippen LogP contribution is 2.33. The van der Waals surface area contributed by atoms with E-state index in [1.54, 1.807) is 0 Å². The SMILES string of the molecule is O=C1OC2(CCS(=O)(=O)CC2)CN1CCO. The van der Waals surface area contributed by atoms with Gasteiger partial charge in [-0.1, -0.05) is 0 Å². The van der Waals surface area contributed by atoms with Crippen LogP contribution in [-0.4, -0.2) is 61.3 Å². The number of aliphatic hydroxyl groups is 1. The molecule has 0 unspecified atom stereocenters. The molecule has 2 heterocycles. The zero-order chi connectivity index (χ0) is 11.8. The minimum Gasteiger partial charge on any atom is -0.441 e. The highest BCUT2D eigenvalue weighted by Gasteiger charge is 2.48. The molecule has 1 spiro atoms. The number of carbonyl (C=O) groups is 1. The van der Waals surface area contributed by atoms with E-state index in [2.05, 4.69) is 0 Å². The van der Waals surface area contributed by atoms with Crippen molar-refractivity contribution in [2.24, 2.45) is 0 Å². The van der Waals surface area contributed by atoms with Crippen molar-refractivity contribution in [3.63, 3.8) is 0 Å². The number of hydrogen-bond acceptors (Lipinski definition) is 5. The number of rotatable bonds is 2. The van der Waals surface area contributed by atoms with Crippen molar-refractivity contribution in [1.82, 2.24) is 4.90 Å². The van der Waals surface area contributed by atoms with Gasteiger partial charge in [0.25, 0.3) is 0 Å². The first kappa shape index (κ1) is 11.7. The normalized spacial score (nSPS) is 27.1. The Morgan fingerprint density at radius 2 is 2.00 bits per heavy atom. The summed E-state index contributed by atoms with van der Waals surface area (Å²) in [5.41, 5.74) is -0.641. The number of amides is 1. The second kappa shape index (κ2) is 3.89. The van der Waals surface area contributed by atoms with Crippen molar-refractivity contribution >= 4 is 15.9 Å². The summed E-state index contributed by atoms with van der Waals surface area (Å²) >= 11 is 0. The van der Waals surface area contributed by atoms with Crippen LogP contribution in [0.25, 0.3) is 0 Å². The summed E-state index contributed by atoms with van der Waals surface area (Å²) in [6.45, 7) is 0.527. The Kier molecular flexibility index (Phi) is 2.83. The molecule has 2 aliphatic heterocycles. The zero-order valence-corrected chi connectivity index (χ0v) is 9.70. The minimum atomic E-state index is -2.95. The quantitative estimate of drug-likeness (QED) is 0.705. The van der Waals surface area contributed by atoms with Crippen LogP contribution in [0.1, 0.15) is 12.8 Å². The lowest BCUT2D eigenvalue weighted by Crippen LogP contribution is -2.42. The Morgan fingerprint density at radius 3 is 2.56 bits per heavy atom. The van der Waals surface area contributed by atoms with Gasteiger partial charge in [0.05, 0.1) is 24.7 Å². The molecule has 0 radical (unpaired) electrons. The molecule has 1 amide bonds. The average molecular weight is 249 g/mol. The van der Waals surface area contributed by atoms with Crippen LogP contribution in [0.15, 0.2) is 0 Å². The van der Waals surface area contributed by atoms with Crippen LogP contribution in [0.5, 0.6) is 0 Å². The molecule has 0 bridgehead atoms. The van der Waals surface area contributed by atoms with E-state index < -0.39 is 21.5 Å². The highest BCUT2D eigenvalue weighted by molar-refractivity contribution is 7.91. The number of carbonyl (C=O) groups excluding carboxylic acids is 1. The summed E-state index contributed by atoms with van der Waals surface area (Å²) in [7, 11) is -2.95. The van der Waals surface area contributed by atoms with E-state index in [1.807, 2.05) is 0 Å². The van der Waals surface area contributed by atoms with Crippen LogP contribution >= 0.6 is 0 Å². The molecule has 7 heteroatoms. The van der Waals surface area contributed by atoms with Gasteiger partial charge in [0.1, 0.15) is 5.60 Å². The molecule has 1 N–H and O–H groups in total. The average Bonchev–Trinajstić information content (AvgIpc) is 2.51. The summed E-state index contributed by atoms with van der Waals surface area (Å²) in [6, 6.07) is 0. The molecule has 0 saturated carbocycles. The fourth-order valence-corrected chi connectivity index (χ4v) is 3.73. The molecule has 0 aromatic carbocycles. The van der Waals surface area contributed by atoms with Gasteiger partial charge in [0.15, 0.2) is 9.84 Å². The molecule has 0 aliphatic carbocycles. The van der Waals surface area contributed by atoms with Gasteiger partial charge >= 0.3 is 6.09 Å². The number of ether oxygens (including phenoxy) is 1. The lowest BCUT2D eigenvalue weighted by atomic mass is 9.97. The molecule has 0 atom stereocenters. The van der Waals surface area contributed by atoms with Crippen LogP contribution < -0.4 is 0 Å². The molecule has 0 aromatic heterocycles. The number of hydrogen-bond donors (Lipinski definition) is 1. The Bertz CT molecular complexity index is 377. The Morgan fingerprint density at radius 1 is 1.38 bits per heavy atom. The highest BCUT2D eigenvalue weighted by atomic mass is 32.2. The van der Waals surface area contributed by atoms with Gasteiger partial charge in [0, 0.05) is 19.4 Å². The van der Waals surface area contributed by atoms with Crippen molar-refractivity contribution < 1.29 is 23.1 Å². The smallest absolute Gasteiger partial charge is 0.410 e. The first-order valence-electron chi connectivity index (χ1n) is 5.26. The third-order valence-electron chi connectivity index (χ3n) is 3.15. The minimum absolute atomic E-state index is 0.0766. The van der Waals surface area contributed by atoms with Gasteiger partial charge in [0.2, 0.25) is 0 Å². The fourth-order valence-electron chi connectivity index (χ4n) is 2.16. The first-order chi connectivity index (χ1) is 7.46. The van der Waals surface area contributed by atoms with E-state index in [1.165, 1.54) is 4.90 Å². The number of sulfone groups is 1. The van der Waals surface area contributed by atoms with Crippen LogP contribution in [0, 0.1) is 0 Å². The van der Waals surface area contributed by atoms with E-state index in [9.17, 15) is 13.2 Å². The van der Waals surface area contributed by atoms with Crippen molar-refractivity contribution in [3.05, 3.63) is 0 Å². The van der Waals surface area contributed by atoms with Crippen LogP contribution in [0.3, 0.4) is 0 Å². The second-order valence-corrected chi connectivity index (χ2v) is 6.65. The Labute approximate surface area is 94.1 Å². The number of nitrogens with zero attached hydrogens (tertiary/aromatic N) is 1. The summed E-state index contributed by atoms with van der Waals surface area (Å²) in [5.74, 6) is 0.153. The van der Waals surface area contributed by atoms with E-state index in [0.29, 0.717) is 19.4 Å². The molecular weight excluding hydrogens is 234 g/mol.